The minimum atomic E-state index is -0.954. The van der Waals surface area contributed by atoms with Crippen LogP contribution in [0.25, 0.3) is 0 Å². The third-order valence-electron chi connectivity index (χ3n) is 0.421. The average Bonchev–Trinajstić information content (AvgIpc) is 1.88. The lowest BCUT2D eigenvalue weighted by Crippen LogP contribution is -2.15. The van der Waals surface area contributed by atoms with Crippen molar-refractivity contribution < 1.29 is 20.1 Å². The van der Waals surface area contributed by atoms with Crippen LogP contribution in [0.3, 0.4) is 0 Å². The second kappa shape index (κ2) is 10.3. The molecule has 0 saturated heterocycles. The highest BCUT2D eigenvalue weighted by Gasteiger charge is 1.93. The largest absolute Gasteiger partial charge is 0.394 e. The maximum Gasteiger partial charge on any atom is 0.231 e. The highest BCUT2D eigenvalue weighted by Crippen LogP contribution is 1.71. The maximum atomic E-state index is 8.35. The first kappa shape index (κ1) is 11.1. The van der Waals surface area contributed by atoms with E-state index in [0.29, 0.717) is 0 Å². The molecule has 0 bridgehead atoms. The van der Waals surface area contributed by atoms with Gasteiger partial charge in [-0.3, -0.25) is 0 Å². The van der Waals surface area contributed by atoms with Crippen molar-refractivity contribution in [2.45, 2.75) is 6.10 Å². The van der Waals surface area contributed by atoms with E-state index in [2.05, 4.69) is 0 Å². The minimum absolute atomic E-state index is 0.365. The summed E-state index contributed by atoms with van der Waals surface area (Å²) in [6.07, 6.45) is -0.204. The molecular formula is C4H9NO4. The van der Waals surface area contributed by atoms with E-state index in [-0.39, 0.29) is 13.2 Å². The molecule has 5 heteroatoms. The van der Waals surface area contributed by atoms with Gasteiger partial charge in [0.2, 0.25) is 6.08 Å². The minimum Gasteiger partial charge on any atom is -0.394 e. The van der Waals surface area contributed by atoms with Crippen molar-refractivity contribution in [3.8, 4) is 0 Å². The number of carbonyl (C=O) groups excluding carboxylic acids is 1. The van der Waals surface area contributed by atoms with Gasteiger partial charge in [-0.15, -0.1) is 0 Å². The van der Waals surface area contributed by atoms with Crippen LogP contribution in [0, 0.1) is 5.41 Å². The van der Waals surface area contributed by atoms with Gasteiger partial charge in [0.25, 0.3) is 0 Å². The second-order valence-electron chi connectivity index (χ2n) is 1.12. The highest BCUT2D eigenvalue weighted by atomic mass is 16.3. The summed E-state index contributed by atoms with van der Waals surface area (Å²) >= 11 is 0. The lowest BCUT2D eigenvalue weighted by molar-refractivity contribution is 0.0450. The maximum absolute atomic E-state index is 8.35. The molecule has 54 valence electrons. The van der Waals surface area contributed by atoms with Crippen molar-refractivity contribution in [3.63, 3.8) is 0 Å². The van der Waals surface area contributed by atoms with Crippen LogP contribution in [-0.2, 0) is 4.79 Å². The van der Waals surface area contributed by atoms with Gasteiger partial charge in [-0.25, -0.2) is 10.2 Å². The average molecular weight is 135 g/mol. The lowest BCUT2D eigenvalue weighted by Gasteiger charge is -1.96. The summed E-state index contributed by atoms with van der Waals surface area (Å²) in [6, 6.07) is 0. The topological polar surface area (TPSA) is 102 Å². The van der Waals surface area contributed by atoms with Gasteiger partial charge in [0.1, 0.15) is 6.10 Å². The zero-order valence-corrected chi connectivity index (χ0v) is 4.74. The first-order valence-electron chi connectivity index (χ1n) is 2.16. The predicted octanol–water partition coefficient (Wildman–Crippen LogP) is -1.77. The molecule has 0 heterocycles. The zero-order chi connectivity index (χ0) is 7.70. The van der Waals surface area contributed by atoms with Gasteiger partial charge < -0.3 is 15.3 Å². The molecule has 0 saturated carbocycles. The fourth-order valence-electron chi connectivity index (χ4n) is 0.0577. The van der Waals surface area contributed by atoms with E-state index in [0.717, 1.165) is 6.08 Å². The van der Waals surface area contributed by atoms with Gasteiger partial charge in [-0.2, -0.15) is 0 Å². The van der Waals surface area contributed by atoms with Crippen LogP contribution in [0.4, 0.5) is 0 Å². The molecule has 0 aliphatic carbocycles. The summed E-state index contributed by atoms with van der Waals surface area (Å²) in [6.45, 7) is -0.729. The molecule has 0 aromatic heterocycles. The molecule has 0 radical (unpaired) electrons. The van der Waals surface area contributed by atoms with Gasteiger partial charge in [-0.05, 0) is 0 Å². The van der Waals surface area contributed by atoms with E-state index in [4.69, 9.17) is 25.5 Å². The summed E-state index contributed by atoms with van der Waals surface area (Å²) < 4.78 is 0. The van der Waals surface area contributed by atoms with Crippen molar-refractivity contribution in [1.82, 2.24) is 0 Å². The molecule has 0 unspecified atom stereocenters. The van der Waals surface area contributed by atoms with E-state index in [9.17, 15) is 0 Å². The first-order valence-corrected chi connectivity index (χ1v) is 2.16. The summed E-state index contributed by atoms with van der Waals surface area (Å²) in [5, 5.41) is 29.4. The fourth-order valence-corrected chi connectivity index (χ4v) is 0.0577. The van der Waals surface area contributed by atoms with E-state index in [1.165, 1.54) is 0 Å². The number of nitrogens with one attached hydrogen (secondary N) is 1. The number of hydrogen-bond acceptors (Lipinski definition) is 5. The summed E-state index contributed by atoms with van der Waals surface area (Å²) in [4.78, 5) is 8.35. The van der Waals surface area contributed by atoms with Gasteiger partial charge in [-0.1, -0.05) is 0 Å². The summed E-state index contributed by atoms with van der Waals surface area (Å²) in [5.41, 5.74) is 0. The van der Waals surface area contributed by atoms with E-state index in [1.807, 2.05) is 0 Å². The number of isocyanates is 1. The molecule has 0 aromatic rings. The smallest absolute Gasteiger partial charge is 0.231 e. The van der Waals surface area contributed by atoms with Gasteiger partial charge in [0, 0.05) is 0 Å². The molecule has 0 atom stereocenters. The Morgan fingerprint density at radius 2 is 1.67 bits per heavy atom. The Morgan fingerprint density at radius 1 is 1.44 bits per heavy atom. The number of aliphatic hydroxyl groups is 3. The second-order valence-corrected chi connectivity index (χ2v) is 1.12. The Labute approximate surface area is 52.1 Å². The molecule has 0 amide bonds. The Kier molecular flexibility index (Phi) is 12.7. The molecule has 5 nitrogen and oxygen atoms in total. The van der Waals surface area contributed by atoms with Crippen molar-refractivity contribution in [3.05, 3.63) is 0 Å². The van der Waals surface area contributed by atoms with Gasteiger partial charge >= 0.3 is 0 Å². The SMILES string of the molecule is N=C=O.OCC(O)CO. The monoisotopic (exact) mass is 135 g/mol. The van der Waals surface area contributed by atoms with Crippen molar-refractivity contribution in [1.29, 1.82) is 5.41 Å². The highest BCUT2D eigenvalue weighted by molar-refractivity contribution is 5.26. The molecule has 9 heavy (non-hydrogen) atoms. The van der Waals surface area contributed by atoms with Crippen molar-refractivity contribution in [2.75, 3.05) is 13.2 Å². The van der Waals surface area contributed by atoms with Crippen LogP contribution in [0.2, 0.25) is 0 Å². The first-order chi connectivity index (χ1) is 4.22. The van der Waals surface area contributed by atoms with Crippen LogP contribution in [-0.4, -0.2) is 40.7 Å². The molecule has 0 aromatic carbocycles. The molecular weight excluding hydrogens is 126 g/mol. The lowest BCUT2D eigenvalue weighted by atomic mass is 10.4. The Bertz CT molecular complexity index is 74.6. The van der Waals surface area contributed by atoms with E-state index < -0.39 is 6.10 Å². The molecule has 0 aliphatic rings. The van der Waals surface area contributed by atoms with E-state index >= 15 is 0 Å². The Morgan fingerprint density at radius 3 is 1.67 bits per heavy atom. The van der Waals surface area contributed by atoms with Crippen LogP contribution < -0.4 is 0 Å². The van der Waals surface area contributed by atoms with Crippen molar-refractivity contribution >= 4 is 6.08 Å². The van der Waals surface area contributed by atoms with Crippen LogP contribution in [0.5, 0.6) is 0 Å². The number of aliphatic hydroxyl groups excluding tert-OH is 3. The third-order valence-corrected chi connectivity index (χ3v) is 0.421. The van der Waals surface area contributed by atoms with Gasteiger partial charge in [0.15, 0.2) is 0 Å². The Hall–Kier alpha value is -0.740. The number of rotatable bonds is 2. The van der Waals surface area contributed by atoms with Crippen LogP contribution in [0.15, 0.2) is 0 Å². The van der Waals surface area contributed by atoms with Gasteiger partial charge in [0.05, 0.1) is 13.2 Å². The summed E-state index contributed by atoms with van der Waals surface area (Å²) in [7, 11) is 0. The molecule has 0 fully saturated rings. The molecule has 4 N–H and O–H groups in total. The van der Waals surface area contributed by atoms with Crippen molar-refractivity contribution in [2.24, 2.45) is 0 Å². The third kappa shape index (κ3) is 18.9. The van der Waals surface area contributed by atoms with Crippen LogP contribution in [0.1, 0.15) is 0 Å². The quantitative estimate of drug-likeness (QED) is 0.266. The normalized spacial score (nSPS) is 7.56. The fraction of sp³-hybridized carbons (Fsp3) is 0.750. The number of hydrogen-bond donors (Lipinski definition) is 4. The standard InChI is InChI=1S/C3H8O3.CHNO/c4-1-3(6)2-5;2-1-3/h3-6H,1-2H2;2H. The summed E-state index contributed by atoms with van der Waals surface area (Å²) in [5.74, 6) is 0. The molecule has 0 rings (SSSR count). The molecule has 0 aliphatic heterocycles. The van der Waals surface area contributed by atoms with Crippen LogP contribution >= 0.6 is 0 Å². The Balaban J connectivity index is 0. The predicted molar refractivity (Wildman–Crippen MR) is 28.6 cm³/mol. The molecule has 0 spiro atoms. The van der Waals surface area contributed by atoms with E-state index in [1.54, 1.807) is 0 Å². The zero-order valence-electron chi connectivity index (χ0n) is 4.74.